The monoisotopic (exact) mass is 246 g/mol. The first-order chi connectivity index (χ1) is 8.68. The Balaban J connectivity index is 2.04. The van der Waals surface area contributed by atoms with Crippen molar-refractivity contribution in [1.29, 1.82) is 0 Å². The number of phenolic OH excluding ortho intramolecular Hbond substituents is 1. The van der Waals surface area contributed by atoms with Gasteiger partial charge in [-0.3, -0.25) is 4.79 Å². The standard InChI is InChI=1S/C14H18N2O2/c1-10-6-2-4-8-12(10)15-16-14(18)11-7-3-5-9-13(11)17/h3,5,7,9-10,17H,2,4,6,8H2,1H3,(H,16,18)/t10-/m0/s1. The Hall–Kier alpha value is -1.84. The van der Waals surface area contributed by atoms with Crippen LogP contribution in [0.1, 0.15) is 43.0 Å². The molecule has 96 valence electrons. The van der Waals surface area contributed by atoms with Gasteiger partial charge >= 0.3 is 0 Å². The van der Waals surface area contributed by atoms with Crippen molar-refractivity contribution in [2.75, 3.05) is 0 Å². The van der Waals surface area contributed by atoms with Gasteiger partial charge in [-0.25, -0.2) is 5.43 Å². The van der Waals surface area contributed by atoms with Gasteiger partial charge in [-0.1, -0.05) is 25.5 Å². The number of hydrazone groups is 1. The molecule has 1 saturated carbocycles. The summed E-state index contributed by atoms with van der Waals surface area (Å²) in [6.07, 6.45) is 4.44. The third-order valence-electron chi connectivity index (χ3n) is 3.34. The van der Waals surface area contributed by atoms with Gasteiger partial charge in [0.25, 0.3) is 5.91 Å². The van der Waals surface area contributed by atoms with Crippen LogP contribution in [-0.2, 0) is 0 Å². The van der Waals surface area contributed by atoms with Gasteiger partial charge in [0.1, 0.15) is 5.75 Å². The van der Waals surface area contributed by atoms with Crippen LogP contribution >= 0.6 is 0 Å². The zero-order chi connectivity index (χ0) is 13.0. The minimum Gasteiger partial charge on any atom is -0.507 e. The summed E-state index contributed by atoms with van der Waals surface area (Å²) in [4.78, 5) is 11.8. The third kappa shape index (κ3) is 2.88. The van der Waals surface area contributed by atoms with Crippen LogP contribution in [0.5, 0.6) is 5.75 Å². The van der Waals surface area contributed by atoms with Gasteiger partial charge in [-0.15, -0.1) is 0 Å². The van der Waals surface area contributed by atoms with E-state index in [0.717, 1.165) is 25.0 Å². The number of carbonyl (C=O) groups excluding carboxylic acids is 1. The lowest BCUT2D eigenvalue weighted by Gasteiger charge is -2.19. The molecule has 4 nitrogen and oxygen atoms in total. The van der Waals surface area contributed by atoms with Crippen molar-refractivity contribution < 1.29 is 9.90 Å². The molecule has 0 unspecified atom stereocenters. The lowest BCUT2D eigenvalue weighted by Crippen LogP contribution is -2.24. The van der Waals surface area contributed by atoms with Gasteiger partial charge < -0.3 is 5.11 Å². The van der Waals surface area contributed by atoms with Gasteiger partial charge in [0.2, 0.25) is 0 Å². The van der Waals surface area contributed by atoms with E-state index in [1.165, 1.54) is 12.5 Å². The molecule has 0 radical (unpaired) electrons. The van der Waals surface area contributed by atoms with Crippen molar-refractivity contribution in [2.45, 2.75) is 32.6 Å². The Kier molecular flexibility index (Phi) is 3.97. The summed E-state index contributed by atoms with van der Waals surface area (Å²) in [7, 11) is 0. The van der Waals surface area contributed by atoms with Gasteiger partial charge in [0.15, 0.2) is 0 Å². The maximum absolute atomic E-state index is 11.8. The number of nitrogens with zero attached hydrogens (tertiary/aromatic N) is 1. The number of phenols is 1. The fourth-order valence-corrected chi connectivity index (χ4v) is 2.18. The quantitative estimate of drug-likeness (QED) is 0.788. The number of rotatable bonds is 2. The number of carbonyl (C=O) groups is 1. The topological polar surface area (TPSA) is 61.7 Å². The number of hydrogen-bond acceptors (Lipinski definition) is 3. The molecule has 0 heterocycles. The predicted octanol–water partition coefficient (Wildman–Crippen LogP) is 2.69. The first-order valence-electron chi connectivity index (χ1n) is 6.33. The minimum atomic E-state index is -0.363. The van der Waals surface area contributed by atoms with E-state index >= 15 is 0 Å². The number of para-hydroxylation sites is 1. The van der Waals surface area contributed by atoms with Gasteiger partial charge in [0, 0.05) is 5.71 Å². The molecule has 2 N–H and O–H groups in total. The molecule has 1 atom stereocenters. The van der Waals surface area contributed by atoms with E-state index in [9.17, 15) is 9.90 Å². The van der Waals surface area contributed by atoms with Crippen molar-refractivity contribution in [3.63, 3.8) is 0 Å². The molecule has 2 rings (SSSR count). The van der Waals surface area contributed by atoms with Crippen LogP contribution in [0.3, 0.4) is 0 Å². The Morgan fingerprint density at radius 2 is 2.17 bits per heavy atom. The van der Waals surface area contributed by atoms with E-state index in [-0.39, 0.29) is 17.2 Å². The molecule has 18 heavy (non-hydrogen) atoms. The Morgan fingerprint density at radius 1 is 1.39 bits per heavy atom. The maximum Gasteiger partial charge on any atom is 0.275 e. The van der Waals surface area contributed by atoms with Crippen LogP contribution in [0.4, 0.5) is 0 Å². The van der Waals surface area contributed by atoms with Gasteiger partial charge in [0.05, 0.1) is 5.56 Å². The van der Waals surface area contributed by atoms with Crippen LogP contribution in [0, 0.1) is 5.92 Å². The van der Waals surface area contributed by atoms with Crippen molar-refractivity contribution in [1.82, 2.24) is 5.43 Å². The van der Waals surface area contributed by atoms with E-state index in [2.05, 4.69) is 17.5 Å². The lowest BCUT2D eigenvalue weighted by molar-refractivity contribution is 0.0951. The highest BCUT2D eigenvalue weighted by Crippen LogP contribution is 2.21. The van der Waals surface area contributed by atoms with Crippen LogP contribution in [-0.4, -0.2) is 16.7 Å². The van der Waals surface area contributed by atoms with Crippen molar-refractivity contribution in [3.8, 4) is 5.75 Å². The van der Waals surface area contributed by atoms with Gasteiger partial charge in [-0.05, 0) is 37.3 Å². The number of nitrogens with one attached hydrogen (secondary N) is 1. The molecule has 0 spiro atoms. The molecule has 4 heteroatoms. The molecule has 0 saturated heterocycles. The normalized spacial score (nSPS) is 21.8. The lowest BCUT2D eigenvalue weighted by atomic mass is 9.89. The summed E-state index contributed by atoms with van der Waals surface area (Å²) < 4.78 is 0. The van der Waals surface area contributed by atoms with Crippen molar-refractivity contribution in [3.05, 3.63) is 29.8 Å². The molecule has 0 bridgehead atoms. The molecule has 1 amide bonds. The van der Waals surface area contributed by atoms with E-state index in [0.29, 0.717) is 5.92 Å². The molecular weight excluding hydrogens is 228 g/mol. The molecule has 1 aliphatic rings. The predicted molar refractivity (Wildman–Crippen MR) is 70.6 cm³/mol. The van der Waals surface area contributed by atoms with E-state index in [1.54, 1.807) is 18.2 Å². The van der Waals surface area contributed by atoms with E-state index in [4.69, 9.17) is 0 Å². The van der Waals surface area contributed by atoms with E-state index in [1.807, 2.05) is 0 Å². The molecule has 0 aliphatic heterocycles. The first-order valence-corrected chi connectivity index (χ1v) is 6.33. The van der Waals surface area contributed by atoms with E-state index < -0.39 is 0 Å². The highest BCUT2D eigenvalue weighted by atomic mass is 16.3. The summed E-state index contributed by atoms with van der Waals surface area (Å²) in [5, 5.41) is 13.7. The molecule has 1 aromatic carbocycles. The summed E-state index contributed by atoms with van der Waals surface area (Å²) in [5.41, 5.74) is 3.83. The highest BCUT2D eigenvalue weighted by molar-refractivity contribution is 5.98. The number of aromatic hydroxyl groups is 1. The smallest absolute Gasteiger partial charge is 0.275 e. The zero-order valence-corrected chi connectivity index (χ0v) is 10.5. The number of amides is 1. The average Bonchev–Trinajstić information content (AvgIpc) is 2.38. The Labute approximate surface area is 107 Å². The average molecular weight is 246 g/mol. The molecule has 0 aromatic heterocycles. The maximum atomic E-state index is 11.8. The number of hydrogen-bond donors (Lipinski definition) is 2. The SMILES string of the molecule is C[C@H]1CCCCC1=NNC(=O)c1ccccc1O. The Bertz CT molecular complexity index is 469. The fraction of sp³-hybridized carbons (Fsp3) is 0.429. The molecular formula is C14H18N2O2. The summed E-state index contributed by atoms with van der Waals surface area (Å²) in [5.74, 6) is 0.0497. The van der Waals surface area contributed by atoms with Crippen LogP contribution in [0.25, 0.3) is 0 Å². The second kappa shape index (κ2) is 5.67. The molecule has 1 fully saturated rings. The van der Waals surface area contributed by atoms with Gasteiger partial charge in [-0.2, -0.15) is 5.10 Å². The summed E-state index contributed by atoms with van der Waals surface area (Å²) in [6.45, 7) is 2.13. The van der Waals surface area contributed by atoms with Crippen LogP contribution in [0.2, 0.25) is 0 Å². The second-order valence-corrected chi connectivity index (χ2v) is 4.71. The summed E-state index contributed by atoms with van der Waals surface area (Å²) in [6, 6.07) is 6.46. The van der Waals surface area contributed by atoms with Crippen LogP contribution in [0.15, 0.2) is 29.4 Å². The second-order valence-electron chi connectivity index (χ2n) is 4.71. The largest absolute Gasteiger partial charge is 0.507 e. The minimum absolute atomic E-state index is 0.0214. The van der Waals surface area contributed by atoms with Crippen molar-refractivity contribution in [2.24, 2.45) is 11.0 Å². The first kappa shape index (κ1) is 12.6. The zero-order valence-electron chi connectivity index (χ0n) is 10.5. The molecule has 1 aliphatic carbocycles. The Morgan fingerprint density at radius 3 is 2.89 bits per heavy atom. The van der Waals surface area contributed by atoms with Crippen molar-refractivity contribution >= 4 is 11.6 Å². The molecule has 1 aromatic rings. The summed E-state index contributed by atoms with van der Waals surface area (Å²) >= 11 is 0. The third-order valence-corrected chi connectivity index (χ3v) is 3.34. The van der Waals surface area contributed by atoms with Crippen LogP contribution < -0.4 is 5.43 Å². The highest BCUT2D eigenvalue weighted by Gasteiger charge is 2.16. The number of benzene rings is 1. The fourth-order valence-electron chi connectivity index (χ4n) is 2.18.